The number of ether oxygens (including phenoxy) is 1. The zero-order valence-electron chi connectivity index (χ0n) is 18.7. The van der Waals surface area contributed by atoms with Gasteiger partial charge >= 0.3 is 0 Å². The quantitative estimate of drug-likeness (QED) is 0.624. The van der Waals surface area contributed by atoms with Gasteiger partial charge in [0.2, 0.25) is 5.91 Å². The van der Waals surface area contributed by atoms with Gasteiger partial charge in [-0.2, -0.15) is 0 Å². The molecule has 1 aliphatic heterocycles. The standard InChI is InChI=1S/C24H41NO2/c1-15-14-18-23(5,13-11-20(26)25(18)7)17-10-12-24(6)16(21(15)17)8-9-19(24)27-22(2,3)4/h15-19,21H,8-14H2,1-7H3/t15?,16-,17+,18?,19?,21-,23+,24-/m0/s1. The Morgan fingerprint density at radius 3 is 2.37 bits per heavy atom. The summed E-state index contributed by atoms with van der Waals surface area (Å²) in [6, 6.07) is 0.447. The highest BCUT2D eigenvalue weighted by atomic mass is 16.5. The van der Waals surface area contributed by atoms with Gasteiger partial charge in [0, 0.05) is 19.5 Å². The van der Waals surface area contributed by atoms with E-state index in [1.165, 1.54) is 32.1 Å². The highest BCUT2D eigenvalue weighted by Gasteiger charge is 2.63. The number of nitrogens with zero attached hydrogens (tertiary/aromatic N) is 1. The number of likely N-dealkylation sites (tertiary alicyclic amines) is 1. The van der Waals surface area contributed by atoms with Crippen LogP contribution in [-0.4, -0.2) is 35.6 Å². The van der Waals surface area contributed by atoms with E-state index in [1.54, 1.807) is 0 Å². The summed E-state index contributed by atoms with van der Waals surface area (Å²) in [6.07, 6.45) is 8.63. The first-order valence-corrected chi connectivity index (χ1v) is 11.4. The summed E-state index contributed by atoms with van der Waals surface area (Å²) in [5, 5.41) is 0. The van der Waals surface area contributed by atoms with Crippen LogP contribution in [-0.2, 0) is 9.53 Å². The number of fused-ring (bicyclic) bond motifs is 5. The minimum absolute atomic E-state index is 0.0545. The molecule has 0 bridgehead atoms. The van der Waals surface area contributed by atoms with Crippen molar-refractivity contribution in [2.24, 2.45) is 34.5 Å². The number of carbonyl (C=O) groups excluding carboxylic acids is 1. The second-order valence-corrected chi connectivity index (χ2v) is 11.9. The van der Waals surface area contributed by atoms with Crippen molar-refractivity contribution in [3.63, 3.8) is 0 Å². The summed E-state index contributed by atoms with van der Waals surface area (Å²) in [7, 11) is 2.06. The zero-order valence-corrected chi connectivity index (χ0v) is 18.7. The Morgan fingerprint density at radius 1 is 1.04 bits per heavy atom. The molecule has 3 saturated carbocycles. The van der Waals surface area contributed by atoms with Crippen LogP contribution < -0.4 is 0 Å². The molecular formula is C24H41NO2. The van der Waals surface area contributed by atoms with Crippen molar-refractivity contribution >= 4 is 5.91 Å². The molecular weight excluding hydrogens is 334 g/mol. The van der Waals surface area contributed by atoms with Crippen LogP contribution in [0.3, 0.4) is 0 Å². The molecule has 0 radical (unpaired) electrons. The number of hydrogen-bond acceptors (Lipinski definition) is 2. The summed E-state index contributed by atoms with van der Waals surface area (Å²) in [4.78, 5) is 14.5. The number of carbonyl (C=O) groups is 1. The highest BCUT2D eigenvalue weighted by Crippen LogP contribution is 2.66. The van der Waals surface area contributed by atoms with E-state index in [0.29, 0.717) is 34.8 Å². The van der Waals surface area contributed by atoms with E-state index in [0.717, 1.165) is 30.6 Å². The minimum atomic E-state index is -0.0545. The smallest absolute Gasteiger partial charge is 0.222 e. The van der Waals surface area contributed by atoms with E-state index in [1.807, 2.05) is 0 Å². The van der Waals surface area contributed by atoms with Crippen LogP contribution in [0.2, 0.25) is 0 Å². The Balaban J connectivity index is 1.63. The van der Waals surface area contributed by atoms with Crippen LogP contribution >= 0.6 is 0 Å². The van der Waals surface area contributed by atoms with E-state index in [9.17, 15) is 4.79 Å². The molecule has 8 atom stereocenters. The van der Waals surface area contributed by atoms with Crippen LogP contribution in [0.4, 0.5) is 0 Å². The average molecular weight is 376 g/mol. The van der Waals surface area contributed by atoms with Crippen molar-refractivity contribution < 1.29 is 9.53 Å². The van der Waals surface area contributed by atoms with Crippen molar-refractivity contribution in [3.8, 4) is 0 Å². The first-order valence-electron chi connectivity index (χ1n) is 11.4. The van der Waals surface area contributed by atoms with Gasteiger partial charge in [0.1, 0.15) is 0 Å². The van der Waals surface area contributed by atoms with E-state index in [2.05, 4.69) is 53.5 Å². The van der Waals surface area contributed by atoms with Crippen LogP contribution in [0.15, 0.2) is 0 Å². The lowest BCUT2D eigenvalue weighted by atomic mass is 9.45. The lowest BCUT2D eigenvalue weighted by Crippen LogP contribution is -2.63. The molecule has 4 aliphatic rings. The Labute approximate surface area is 166 Å². The summed E-state index contributed by atoms with van der Waals surface area (Å²) in [5.74, 6) is 3.44. The molecule has 1 heterocycles. The molecule has 0 aromatic rings. The molecule has 3 unspecified atom stereocenters. The summed E-state index contributed by atoms with van der Waals surface area (Å²) < 4.78 is 6.60. The van der Waals surface area contributed by atoms with Crippen molar-refractivity contribution in [2.45, 2.75) is 104 Å². The van der Waals surface area contributed by atoms with Crippen molar-refractivity contribution in [1.29, 1.82) is 0 Å². The first kappa shape index (κ1) is 19.7. The molecule has 1 amide bonds. The minimum Gasteiger partial charge on any atom is -0.372 e. The second kappa shape index (κ2) is 6.21. The van der Waals surface area contributed by atoms with Crippen molar-refractivity contribution in [3.05, 3.63) is 0 Å². The van der Waals surface area contributed by atoms with Gasteiger partial charge in [0.25, 0.3) is 0 Å². The fourth-order valence-corrected chi connectivity index (χ4v) is 8.03. The Bertz CT molecular complexity index is 610. The van der Waals surface area contributed by atoms with Gasteiger partial charge in [-0.25, -0.2) is 0 Å². The third-order valence-electron chi connectivity index (χ3n) is 9.34. The molecule has 0 aromatic carbocycles. The van der Waals surface area contributed by atoms with E-state index in [4.69, 9.17) is 4.74 Å². The normalized spacial score (nSPS) is 50.2. The lowest BCUT2D eigenvalue weighted by Gasteiger charge is -2.63. The van der Waals surface area contributed by atoms with Gasteiger partial charge in [-0.3, -0.25) is 4.79 Å². The molecule has 3 nitrogen and oxygen atoms in total. The molecule has 3 aliphatic carbocycles. The SMILES string of the molecule is CC1CC2N(C)C(=O)CC[C@]2(C)[C@@H]2CC[C@]3(C)C(OC(C)(C)C)CC[C@H]3[C@H]12. The Hall–Kier alpha value is -0.570. The molecule has 154 valence electrons. The molecule has 0 aromatic heterocycles. The van der Waals surface area contributed by atoms with Gasteiger partial charge in [-0.05, 0) is 93.8 Å². The number of amides is 1. The zero-order chi connectivity index (χ0) is 19.8. The van der Waals surface area contributed by atoms with Crippen LogP contribution in [0.5, 0.6) is 0 Å². The van der Waals surface area contributed by atoms with Gasteiger partial charge in [-0.15, -0.1) is 0 Å². The molecule has 4 fully saturated rings. The number of hydrogen-bond donors (Lipinski definition) is 0. The third-order valence-corrected chi connectivity index (χ3v) is 9.34. The summed E-state index contributed by atoms with van der Waals surface area (Å²) in [6.45, 7) is 14.2. The maximum absolute atomic E-state index is 12.4. The highest BCUT2D eigenvalue weighted by molar-refractivity contribution is 5.77. The number of rotatable bonds is 1. The molecule has 1 saturated heterocycles. The fraction of sp³-hybridized carbons (Fsp3) is 0.958. The van der Waals surface area contributed by atoms with Crippen LogP contribution in [0, 0.1) is 34.5 Å². The molecule has 3 heteroatoms. The summed E-state index contributed by atoms with van der Waals surface area (Å²) in [5.41, 5.74) is 0.591. The fourth-order valence-electron chi connectivity index (χ4n) is 8.03. The van der Waals surface area contributed by atoms with Gasteiger partial charge in [0.15, 0.2) is 0 Å². The van der Waals surface area contributed by atoms with E-state index in [-0.39, 0.29) is 5.60 Å². The monoisotopic (exact) mass is 375 g/mol. The summed E-state index contributed by atoms with van der Waals surface area (Å²) >= 11 is 0. The van der Waals surface area contributed by atoms with Gasteiger partial charge in [-0.1, -0.05) is 20.8 Å². The molecule has 27 heavy (non-hydrogen) atoms. The Kier molecular flexibility index (Phi) is 4.54. The largest absolute Gasteiger partial charge is 0.372 e. The maximum Gasteiger partial charge on any atom is 0.222 e. The van der Waals surface area contributed by atoms with Crippen LogP contribution in [0.25, 0.3) is 0 Å². The molecule has 0 spiro atoms. The van der Waals surface area contributed by atoms with Gasteiger partial charge in [0.05, 0.1) is 11.7 Å². The predicted octanol–water partition coefficient (Wildman–Crippen LogP) is 5.28. The van der Waals surface area contributed by atoms with Gasteiger partial charge < -0.3 is 9.64 Å². The van der Waals surface area contributed by atoms with E-state index >= 15 is 0 Å². The van der Waals surface area contributed by atoms with Crippen molar-refractivity contribution in [2.75, 3.05) is 7.05 Å². The number of piperidine rings is 1. The third kappa shape index (κ3) is 2.90. The lowest BCUT2D eigenvalue weighted by molar-refractivity contribution is -0.179. The Morgan fingerprint density at radius 2 is 1.70 bits per heavy atom. The van der Waals surface area contributed by atoms with Crippen LogP contribution in [0.1, 0.15) is 86.5 Å². The topological polar surface area (TPSA) is 29.5 Å². The molecule has 4 rings (SSSR count). The van der Waals surface area contributed by atoms with E-state index < -0.39 is 0 Å². The molecule has 0 N–H and O–H groups in total. The average Bonchev–Trinajstić information content (AvgIpc) is 2.88. The predicted molar refractivity (Wildman–Crippen MR) is 109 cm³/mol. The van der Waals surface area contributed by atoms with Crippen molar-refractivity contribution in [1.82, 2.24) is 4.90 Å². The second-order valence-electron chi connectivity index (χ2n) is 11.9. The maximum atomic E-state index is 12.4. The first-order chi connectivity index (χ1) is 12.5.